The van der Waals surface area contributed by atoms with Crippen molar-refractivity contribution in [3.05, 3.63) is 34.9 Å². The number of fused-ring (bicyclic) bond motifs is 1. The van der Waals surface area contributed by atoms with Gasteiger partial charge in [0.05, 0.1) is 17.6 Å². The summed E-state index contributed by atoms with van der Waals surface area (Å²) in [6.07, 6.45) is 6.08. The SMILES string of the molecule is CCC(C)(C)C(=O)O[C@H]1C[C@@H](C)C=C2C=CC(C)=C(CC[C@@H](O)C[C@@H](O)CC(=O)[O-])[C@H]21.[NH4+]. The summed E-state index contributed by atoms with van der Waals surface area (Å²) in [5, 5.41) is 30.7. The van der Waals surface area contributed by atoms with Gasteiger partial charge in [0.15, 0.2) is 0 Å². The molecule has 5 atom stereocenters. The van der Waals surface area contributed by atoms with Gasteiger partial charge in [-0.2, -0.15) is 0 Å². The quantitative estimate of drug-likeness (QED) is 0.435. The number of ether oxygens (including phenoxy) is 1. The van der Waals surface area contributed by atoms with Crippen molar-refractivity contribution in [2.45, 2.75) is 91.5 Å². The molecule has 0 spiro atoms. The minimum Gasteiger partial charge on any atom is -0.550 e. The molecule has 0 aliphatic heterocycles. The Morgan fingerprint density at radius 1 is 1.25 bits per heavy atom. The maximum atomic E-state index is 12.8. The highest BCUT2D eigenvalue weighted by Gasteiger charge is 2.39. The van der Waals surface area contributed by atoms with Gasteiger partial charge < -0.3 is 31.0 Å². The number of carboxylic acids is 1. The Bertz CT molecular complexity index is 766. The van der Waals surface area contributed by atoms with E-state index in [2.05, 4.69) is 25.2 Å². The fraction of sp³-hybridized carbons (Fsp3) is 0.680. The Kier molecular flexibility index (Phi) is 10.3. The predicted octanol–water partition coefficient (Wildman–Crippen LogP) is 3.21. The van der Waals surface area contributed by atoms with Crippen molar-refractivity contribution in [2.75, 3.05) is 0 Å². The fourth-order valence-electron chi connectivity index (χ4n) is 4.32. The van der Waals surface area contributed by atoms with Crippen LogP contribution in [-0.2, 0) is 14.3 Å². The summed E-state index contributed by atoms with van der Waals surface area (Å²) in [5.74, 6) is -1.27. The summed E-state index contributed by atoms with van der Waals surface area (Å²) in [6, 6.07) is 0. The number of aliphatic hydroxyl groups is 2. The third kappa shape index (κ3) is 7.29. The molecule has 0 unspecified atom stereocenters. The second-order valence-corrected chi connectivity index (χ2v) is 9.74. The van der Waals surface area contributed by atoms with Crippen molar-refractivity contribution in [3.8, 4) is 0 Å². The van der Waals surface area contributed by atoms with Crippen LogP contribution in [0, 0.1) is 17.3 Å². The van der Waals surface area contributed by atoms with Crippen LogP contribution in [0.15, 0.2) is 34.9 Å². The summed E-state index contributed by atoms with van der Waals surface area (Å²) in [5.41, 5.74) is 2.81. The lowest BCUT2D eigenvalue weighted by Gasteiger charge is -2.39. The Labute approximate surface area is 191 Å². The lowest BCUT2D eigenvalue weighted by molar-refractivity contribution is -0.307. The first-order valence-electron chi connectivity index (χ1n) is 11.3. The van der Waals surface area contributed by atoms with E-state index in [0.29, 0.717) is 25.2 Å². The third-order valence-electron chi connectivity index (χ3n) is 6.61. The van der Waals surface area contributed by atoms with Gasteiger partial charge in [-0.25, -0.2) is 0 Å². The fourth-order valence-corrected chi connectivity index (χ4v) is 4.32. The maximum Gasteiger partial charge on any atom is 0.311 e. The van der Waals surface area contributed by atoms with E-state index in [-0.39, 0.29) is 30.6 Å². The Morgan fingerprint density at radius 2 is 1.91 bits per heavy atom. The van der Waals surface area contributed by atoms with Crippen LogP contribution in [0.4, 0.5) is 0 Å². The average Bonchev–Trinajstić information content (AvgIpc) is 2.66. The smallest absolute Gasteiger partial charge is 0.311 e. The lowest BCUT2D eigenvalue weighted by Crippen LogP contribution is -2.39. The molecule has 0 bridgehead atoms. The van der Waals surface area contributed by atoms with E-state index in [0.717, 1.165) is 23.1 Å². The maximum absolute atomic E-state index is 12.8. The minimum absolute atomic E-state index is 0. The number of rotatable bonds is 10. The van der Waals surface area contributed by atoms with Gasteiger partial charge in [-0.1, -0.05) is 43.2 Å². The van der Waals surface area contributed by atoms with Gasteiger partial charge in [-0.15, -0.1) is 0 Å². The number of aliphatic carboxylic acids is 1. The summed E-state index contributed by atoms with van der Waals surface area (Å²) >= 11 is 0. The second-order valence-electron chi connectivity index (χ2n) is 9.74. The van der Waals surface area contributed by atoms with E-state index in [1.807, 2.05) is 27.7 Å². The van der Waals surface area contributed by atoms with Crippen molar-refractivity contribution in [1.29, 1.82) is 0 Å². The molecule has 0 saturated carbocycles. The topological polar surface area (TPSA) is 143 Å². The van der Waals surface area contributed by atoms with Gasteiger partial charge in [0.25, 0.3) is 0 Å². The van der Waals surface area contributed by atoms with Crippen LogP contribution in [0.25, 0.3) is 0 Å². The molecule has 7 nitrogen and oxygen atoms in total. The molecule has 0 saturated heterocycles. The van der Waals surface area contributed by atoms with Gasteiger partial charge in [-0.3, -0.25) is 4.79 Å². The zero-order valence-corrected chi connectivity index (χ0v) is 20.4. The van der Waals surface area contributed by atoms with E-state index in [1.54, 1.807) is 0 Å². The van der Waals surface area contributed by atoms with Gasteiger partial charge in [0.2, 0.25) is 0 Å². The standard InChI is InChI=1S/C25H38O6.H3N/c1-6-25(4,5)24(30)31-21-12-15(2)11-17-8-7-16(3)20(23(17)21)10-9-18(26)13-19(27)14-22(28)29;/h7-8,11,15,18-19,21,23,26-27H,6,9-10,12-14H2,1-5H3,(H,28,29);1H3/t15-,18+,19+,21-,23-;/m0./s1. The number of allylic oxidation sites excluding steroid dienone is 4. The molecule has 0 heterocycles. The van der Waals surface area contributed by atoms with E-state index < -0.39 is 30.0 Å². The van der Waals surface area contributed by atoms with Crippen molar-refractivity contribution in [2.24, 2.45) is 17.3 Å². The zero-order valence-electron chi connectivity index (χ0n) is 20.4. The minimum atomic E-state index is -1.33. The van der Waals surface area contributed by atoms with Gasteiger partial charge in [0.1, 0.15) is 6.10 Å². The third-order valence-corrected chi connectivity index (χ3v) is 6.61. The number of hydrogen-bond acceptors (Lipinski definition) is 6. The van der Waals surface area contributed by atoms with Crippen LogP contribution in [0.2, 0.25) is 0 Å². The largest absolute Gasteiger partial charge is 0.550 e. The Morgan fingerprint density at radius 3 is 2.50 bits per heavy atom. The summed E-state index contributed by atoms with van der Waals surface area (Å²) in [6.45, 7) is 9.92. The van der Waals surface area contributed by atoms with E-state index in [4.69, 9.17) is 4.74 Å². The number of aliphatic hydroxyl groups excluding tert-OH is 2. The number of carboxylic acid groups (broad SMARTS) is 1. The molecule has 2 aliphatic rings. The lowest BCUT2D eigenvalue weighted by atomic mass is 9.71. The first-order valence-corrected chi connectivity index (χ1v) is 11.3. The normalized spacial score (nSPS) is 24.7. The summed E-state index contributed by atoms with van der Waals surface area (Å²) in [7, 11) is 0. The molecule has 2 aliphatic carbocycles. The predicted molar refractivity (Wildman–Crippen MR) is 123 cm³/mol. The molecule has 0 aromatic carbocycles. The van der Waals surface area contributed by atoms with Crippen molar-refractivity contribution >= 4 is 11.9 Å². The van der Waals surface area contributed by atoms with Gasteiger partial charge in [0, 0.05) is 18.3 Å². The van der Waals surface area contributed by atoms with E-state index >= 15 is 0 Å². The molecule has 0 aromatic heterocycles. The van der Waals surface area contributed by atoms with E-state index in [9.17, 15) is 24.9 Å². The van der Waals surface area contributed by atoms with Crippen LogP contribution in [0.5, 0.6) is 0 Å². The highest BCUT2D eigenvalue weighted by atomic mass is 16.5. The number of hydrogen-bond donors (Lipinski definition) is 3. The van der Waals surface area contributed by atoms with Crippen LogP contribution in [-0.4, -0.2) is 40.5 Å². The molecule has 0 fully saturated rings. The average molecular weight is 452 g/mol. The van der Waals surface area contributed by atoms with Gasteiger partial charge in [-0.05, 0) is 64.4 Å². The zero-order chi connectivity index (χ0) is 23.3. The Hall–Kier alpha value is -1.96. The molecule has 0 aromatic rings. The monoisotopic (exact) mass is 451 g/mol. The van der Waals surface area contributed by atoms with E-state index in [1.165, 1.54) is 0 Å². The van der Waals surface area contributed by atoms with Crippen LogP contribution in [0.3, 0.4) is 0 Å². The summed E-state index contributed by atoms with van der Waals surface area (Å²) in [4.78, 5) is 23.4. The van der Waals surface area contributed by atoms with Crippen molar-refractivity contribution in [1.82, 2.24) is 6.15 Å². The molecular weight excluding hydrogens is 410 g/mol. The molecule has 2 rings (SSSR count). The van der Waals surface area contributed by atoms with Crippen LogP contribution >= 0.6 is 0 Å². The molecule has 6 N–H and O–H groups in total. The van der Waals surface area contributed by atoms with Crippen molar-refractivity contribution in [3.63, 3.8) is 0 Å². The molecule has 0 radical (unpaired) electrons. The first kappa shape index (κ1) is 28.1. The highest BCUT2D eigenvalue weighted by Crippen LogP contribution is 2.43. The molecule has 0 amide bonds. The Balaban J connectivity index is 0.00000512. The molecular formula is C25H41NO6. The molecule has 7 heteroatoms. The molecule has 32 heavy (non-hydrogen) atoms. The van der Waals surface area contributed by atoms with Gasteiger partial charge >= 0.3 is 5.97 Å². The highest BCUT2D eigenvalue weighted by molar-refractivity contribution is 5.76. The number of carbonyl (C=O) groups is 2. The first-order chi connectivity index (χ1) is 14.4. The second kappa shape index (κ2) is 11.8. The summed E-state index contributed by atoms with van der Waals surface area (Å²) < 4.78 is 6.06. The van der Waals surface area contributed by atoms with Crippen LogP contribution < -0.4 is 11.3 Å². The number of esters is 1. The van der Waals surface area contributed by atoms with Crippen molar-refractivity contribution < 1.29 is 29.6 Å². The number of quaternary nitrogens is 1. The molecule has 182 valence electrons. The number of carbonyl (C=O) groups excluding carboxylic acids is 2. The van der Waals surface area contributed by atoms with Crippen LogP contribution in [0.1, 0.15) is 73.1 Å².